The summed E-state index contributed by atoms with van der Waals surface area (Å²) in [6, 6.07) is 6.98. The average molecular weight is 295 g/mol. The molecule has 0 atom stereocenters. The average Bonchev–Trinajstić information content (AvgIpc) is 2.34. The number of carbonyl (C=O) groups is 1. The lowest BCUT2D eigenvalue weighted by Gasteiger charge is -2.04. The number of nitrogens with one attached hydrogen (secondary N) is 1. The number of hydrogen-bond acceptors (Lipinski definition) is 5. The van der Waals surface area contributed by atoms with Gasteiger partial charge in [0.25, 0.3) is 0 Å². The van der Waals surface area contributed by atoms with Crippen LogP contribution in [0.5, 0.6) is 0 Å². The number of fused-ring (bicyclic) bond motifs is 1. The van der Waals surface area contributed by atoms with E-state index in [0.717, 1.165) is 5.39 Å². The Morgan fingerprint density at radius 1 is 1.40 bits per heavy atom. The summed E-state index contributed by atoms with van der Waals surface area (Å²) < 4.78 is 33.2. The van der Waals surface area contributed by atoms with E-state index in [1.165, 1.54) is 11.6 Å². The molecular weight excluding hydrogens is 282 g/mol. The van der Waals surface area contributed by atoms with E-state index >= 15 is 0 Å². The lowest BCUT2D eigenvalue weighted by Crippen LogP contribution is -2.40. The molecule has 0 saturated carbocycles. The van der Waals surface area contributed by atoms with Crippen molar-refractivity contribution < 1.29 is 22.4 Å². The van der Waals surface area contributed by atoms with Gasteiger partial charge in [0, 0.05) is 29.2 Å². The Labute approximate surface area is 116 Å². The second-order valence-electron chi connectivity index (χ2n) is 4.30. The third-order valence-corrected chi connectivity index (χ3v) is 3.27. The van der Waals surface area contributed by atoms with E-state index < -0.39 is 15.9 Å². The minimum atomic E-state index is -4.27. The van der Waals surface area contributed by atoms with Crippen molar-refractivity contribution in [1.29, 1.82) is 0 Å². The Morgan fingerprint density at radius 2 is 2.15 bits per heavy atom. The van der Waals surface area contributed by atoms with Gasteiger partial charge in [0.05, 0.1) is 5.75 Å². The lowest BCUT2D eigenvalue weighted by atomic mass is 10.2. The number of benzene rings is 1. The van der Waals surface area contributed by atoms with Crippen LogP contribution in [-0.2, 0) is 21.5 Å². The van der Waals surface area contributed by atoms with Gasteiger partial charge in [-0.25, -0.2) is 8.42 Å². The van der Waals surface area contributed by atoms with Crippen molar-refractivity contribution in [3.63, 3.8) is 0 Å². The third-order valence-electron chi connectivity index (χ3n) is 2.58. The van der Waals surface area contributed by atoms with Crippen molar-refractivity contribution in [3.05, 3.63) is 30.5 Å². The molecule has 1 N–H and O–H groups in total. The Balaban J connectivity index is 2.29. The normalized spacial score (nSPS) is 11.5. The van der Waals surface area contributed by atoms with Crippen molar-refractivity contribution in [1.82, 2.24) is 5.10 Å². The zero-order valence-electron chi connectivity index (χ0n) is 10.7. The molecule has 1 heterocycles. The smallest absolute Gasteiger partial charge is 0.221 e. The van der Waals surface area contributed by atoms with Crippen LogP contribution in [0.15, 0.2) is 30.5 Å². The van der Waals surface area contributed by atoms with Crippen LogP contribution in [0.2, 0.25) is 0 Å². The van der Waals surface area contributed by atoms with Gasteiger partial charge in [0.1, 0.15) is 15.6 Å². The van der Waals surface area contributed by atoms with Crippen LogP contribution in [-0.4, -0.2) is 29.7 Å². The molecule has 1 aromatic heterocycles. The highest BCUT2D eigenvalue weighted by Crippen LogP contribution is 2.15. The standard InChI is InChI=1S/C12H13N3O4S/c1-9(16)13-11-3-2-10-4-5-15(14-12(10)8-11)6-7-20(17,18)19/h2-5,8H,6-7H2,1H3,(H-,13,14,16,17,18,19). The maximum atomic E-state index is 11.0. The summed E-state index contributed by atoms with van der Waals surface area (Å²) in [5, 5.41) is 7.69. The predicted molar refractivity (Wildman–Crippen MR) is 70.8 cm³/mol. The van der Waals surface area contributed by atoms with Gasteiger partial charge >= 0.3 is 0 Å². The first kappa shape index (κ1) is 14.4. The monoisotopic (exact) mass is 295 g/mol. The predicted octanol–water partition coefficient (Wildman–Crippen LogP) is 0.0259. The van der Waals surface area contributed by atoms with Crippen molar-refractivity contribution in [2.45, 2.75) is 13.5 Å². The molecule has 2 aromatic rings. The van der Waals surface area contributed by atoms with Crippen LogP contribution in [0.25, 0.3) is 10.9 Å². The summed E-state index contributed by atoms with van der Waals surface area (Å²) in [5.41, 5.74) is 1.20. The van der Waals surface area contributed by atoms with Crippen LogP contribution < -0.4 is 10.00 Å². The summed E-state index contributed by atoms with van der Waals surface area (Å²) in [7, 11) is -4.27. The summed E-state index contributed by atoms with van der Waals surface area (Å²) in [6.45, 7) is 1.40. The van der Waals surface area contributed by atoms with Crippen molar-refractivity contribution in [2.24, 2.45) is 0 Å². The Bertz CT molecular complexity index is 758. The van der Waals surface area contributed by atoms with Crippen LogP contribution in [0.1, 0.15) is 6.92 Å². The van der Waals surface area contributed by atoms with E-state index in [-0.39, 0.29) is 12.5 Å². The summed E-state index contributed by atoms with van der Waals surface area (Å²) in [6.07, 6.45) is 1.60. The number of aromatic nitrogens is 2. The maximum absolute atomic E-state index is 11.0. The van der Waals surface area contributed by atoms with Crippen LogP contribution in [0, 0.1) is 0 Å². The number of amides is 1. The zero-order valence-corrected chi connectivity index (χ0v) is 11.6. The molecule has 0 radical (unpaired) electrons. The van der Waals surface area contributed by atoms with Gasteiger partial charge in [0.2, 0.25) is 5.91 Å². The number of anilines is 1. The highest BCUT2D eigenvalue weighted by Gasteiger charge is 2.08. The molecule has 106 valence electrons. The van der Waals surface area contributed by atoms with Gasteiger partial charge in [-0.15, -0.1) is 0 Å². The molecule has 7 nitrogen and oxygen atoms in total. The van der Waals surface area contributed by atoms with E-state index in [2.05, 4.69) is 10.4 Å². The quantitative estimate of drug-likeness (QED) is 0.633. The van der Waals surface area contributed by atoms with Gasteiger partial charge in [0.15, 0.2) is 12.7 Å². The third kappa shape index (κ3) is 3.97. The van der Waals surface area contributed by atoms with Gasteiger partial charge in [-0.05, 0) is 12.1 Å². The molecule has 2 rings (SSSR count). The van der Waals surface area contributed by atoms with Crippen LogP contribution in [0.4, 0.5) is 5.69 Å². The first-order valence-electron chi connectivity index (χ1n) is 5.85. The highest BCUT2D eigenvalue weighted by atomic mass is 32.2. The molecule has 0 fully saturated rings. The fourth-order valence-corrected chi connectivity index (χ4v) is 2.13. The van der Waals surface area contributed by atoms with Crippen molar-refractivity contribution in [2.75, 3.05) is 11.1 Å². The van der Waals surface area contributed by atoms with Gasteiger partial charge < -0.3 is 9.87 Å². The Hall–Kier alpha value is -2.06. The summed E-state index contributed by atoms with van der Waals surface area (Å²) >= 11 is 0. The largest absolute Gasteiger partial charge is 0.748 e. The SMILES string of the molecule is CC(=O)Nc1ccc2cc[n+](CCS(=O)(=O)[O-])nc2c1. The minimum Gasteiger partial charge on any atom is -0.748 e. The molecule has 0 spiro atoms. The van der Waals surface area contributed by atoms with Gasteiger partial charge in [-0.3, -0.25) is 4.79 Å². The second-order valence-corrected chi connectivity index (χ2v) is 5.82. The zero-order chi connectivity index (χ0) is 14.8. The second kappa shape index (κ2) is 5.51. The van der Waals surface area contributed by atoms with E-state index in [1.54, 1.807) is 30.5 Å². The number of rotatable bonds is 4. The Morgan fingerprint density at radius 3 is 2.80 bits per heavy atom. The molecule has 0 saturated heterocycles. The minimum absolute atomic E-state index is 0.00780. The first-order chi connectivity index (χ1) is 9.33. The van der Waals surface area contributed by atoms with Crippen molar-refractivity contribution >= 4 is 32.6 Å². The molecule has 8 heteroatoms. The summed E-state index contributed by atoms with van der Waals surface area (Å²) in [5.74, 6) is -0.702. The van der Waals surface area contributed by atoms with Gasteiger partial charge in [-0.2, -0.15) is 0 Å². The number of aryl methyl sites for hydroxylation is 1. The van der Waals surface area contributed by atoms with Crippen molar-refractivity contribution in [3.8, 4) is 0 Å². The topological polar surface area (TPSA) is 103 Å². The molecule has 20 heavy (non-hydrogen) atoms. The number of nitrogens with zero attached hydrogens (tertiary/aromatic N) is 2. The molecule has 0 aliphatic carbocycles. The molecule has 0 aliphatic heterocycles. The fraction of sp³-hybridized carbons (Fsp3) is 0.250. The molecule has 0 aliphatic rings. The molecule has 0 unspecified atom stereocenters. The molecular formula is C12H13N3O4S. The van der Waals surface area contributed by atoms with E-state index in [4.69, 9.17) is 0 Å². The molecule has 1 amide bonds. The van der Waals surface area contributed by atoms with E-state index in [1.807, 2.05) is 0 Å². The van der Waals surface area contributed by atoms with Gasteiger partial charge in [-0.1, -0.05) is 10.7 Å². The van der Waals surface area contributed by atoms with Crippen LogP contribution >= 0.6 is 0 Å². The van der Waals surface area contributed by atoms with Crippen LogP contribution in [0.3, 0.4) is 0 Å². The maximum Gasteiger partial charge on any atom is 0.221 e. The highest BCUT2D eigenvalue weighted by molar-refractivity contribution is 7.85. The number of carbonyl (C=O) groups excluding carboxylic acids is 1. The molecule has 1 aromatic carbocycles. The molecule has 0 bridgehead atoms. The summed E-state index contributed by atoms with van der Waals surface area (Å²) in [4.78, 5) is 11.0. The fourth-order valence-electron chi connectivity index (χ4n) is 1.72. The first-order valence-corrected chi connectivity index (χ1v) is 7.43. The Kier molecular flexibility index (Phi) is 3.96. The van der Waals surface area contributed by atoms with E-state index in [0.29, 0.717) is 11.2 Å². The number of hydrogen-bond donors (Lipinski definition) is 1. The lowest BCUT2D eigenvalue weighted by molar-refractivity contribution is -0.747. The van der Waals surface area contributed by atoms with E-state index in [9.17, 15) is 17.8 Å².